The molecule has 0 unspecified atom stereocenters. The van der Waals surface area contributed by atoms with Gasteiger partial charge in [-0.1, -0.05) is 0 Å². The molecule has 0 fully saturated rings. The molecule has 0 radical (unpaired) electrons. The van der Waals surface area contributed by atoms with E-state index in [1.54, 1.807) is 0 Å². The van der Waals surface area contributed by atoms with Crippen molar-refractivity contribution in [2.45, 2.75) is 26.9 Å². The van der Waals surface area contributed by atoms with E-state index in [0.717, 1.165) is 17.0 Å². The van der Waals surface area contributed by atoms with Gasteiger partial charge in [-0.2, -0.15) is 0 Å². The number of carbonyl (C=O) groups is 1. The maximum absolute atomic E-state index is 11.6. The largest absolute Gasteiger partial charge is 0.491 e. The molecule has 0 aliphatic rings. The number of amides is 2. The highest BCUT2D eigenvalue weighted by Gasteiger charge is 2.07. The maximum Gasteiger partial charge on any atom is 0.320 e. The summed E-state index contributed by atoms with van der Waals surface area (Å²) in [6.45, 7) is 6.36. The molecule has 2 N–H and O–H groups in total. The van der Waals surface area contributed by atoms with E-state index in [-0.39, 0.29) is 12.1 Å². The SMILES string of the molecule is CCNC(=O)Nc1cnc2ccc(-c3ccc(OC(C)C)cc3)nc2n1. The fourth-order valence-electron chi connectivity index (χ4n) is 2.42. The van der Waals surface area contributed by atoms with Gasteiger partial charge < -0.3 is 10.1 Å². The topological polar surface area (TPSA) is 89.0 Å². The van der Waals surface area contributed by atoms with Crippen LogP contribution in [0.5, 0.6) is 5.75 Å². The van der Waals surface area contributed by atoms with E-state index >= 15 is 0 Å². The van der Waals surface area contributed by atoms with Gasteiger partial charge in [-0.05, 0) is 57.2 Å². The second-order valence-electron chi connectivity index (χ2n) is 5.97. The third-order valence-corrected chi connectivity index (χ3v) is 3.51. The molecule has 0 aliphatic carbocycles. The van der Waals surface area contributed by atoms with Gasteiger partial charge in [0.05, 0.1) is 18.0 Å². The van der Waals surface area contributed by atoms with Crippen LogP contribution in [-0.2, 0) is 0 Å². The first-order valence-corrected chi connectivity index (χ1v) is 8.51. The fourth-order valence-corrected chi connectivity index (χ4v) is 2.42. The standard InChI is InChI=1S/C19H21N5O2/c1-4-20-19(25)24-17-11-21-16-10-9-15(22-18(16)23-17)13-5-7-14(8-6-13)26-12(2)3/h5-12H,4H2,1-3H3,(H2,20,22,23,24,25). The van der Waals surface area contributed by atoms with Crippen LogP contribution in [0.25, 0.3) is 22.4 Å². The summed E-state index contributed by atoms with van der Waals surface area (Å²) in [5, 5.41) is 5.29. The molecule has 134 valence electrons. The summed E-state index contributed by atoms with van der Waals surface area (Å²) < 4.78 is 5.66. The van der Waals surface area contributed by atoms with E-state index in [9.17, 15) is 4.79 Å². The first-order valence-electron chi connectivity index (χ1n) is 8.51. The molecule has 7 nitrogen and oxygen atoms in total. The van der Waals surface area contributed by atoms with Crippen molar-refractivity contribution in [2.75, 3.05) is 11.9 Å². The summed E-state index contributed by atoms with van der Waals surface area (Å²) in [4.78, 5) is 24.8. The van der Waals surface area contributed by atoms with Crippen molar-refractivity contribution in [2.24, 2.45) is 0 Å². The molecule has 0 atom stereocenters. The average Bonchev–Trinajstić information content (AvgIpc) is 2.61. The minimum Gasteiger partial charge on any atom is -0.491 e. The van der Waals surface area contributed by atoms with E-state index < -0.39 is 0 Å². The van der Waals surface area contributed by atoms with Crippen LogP contribution in [0.4, 0.5) is 10.6 Å². The predicted octanol–water partition coefficient (Wildman–Crippen LogP) is 3.62. The van der Waals surface area contributed by atoms with Crippen molar-refractivity contribution in [3.8, 4) is 17.0 Å². The van der Waals surface area contributed by atoms with Gasteiger partial charge in [-0.3, -0.25) is 5.32 Å². The molecule has 0 bridgehead atoms. The van der Waals surface area contributed by atoms with E-state index in [1.807, 2.05) is 57.2 Å². The molecule has 0 aliphatic heterocycles. The Morgan fingerprint density at radius 2 is 1.88 bits per heavy atom. The molecule has 1 aromatic carbocycles. The number of nitrogens with zero attached hydrogens (tertiary/aromatic N) is 3. The molecule has 3 rings (SSSR count). The highest BCUT2D eigenvalue weighted by Crippen LogP contribution is 2.23. The van der Waals surface area contributed by atoms with Crippen LogP contribution < -0.4 is 15.4 Å². The first kappa shape index (κ1) is 17.6. The lowest BCUT2D eigenvalue weighted by molar-refractivity contribution is 0.242. The number of hydrogen-bond donors (Lipinski definition) is 2. The lowest BCUT2D eigenvalue weighted by atomic mass is 10.1. The fraction of sp³-hybridized carbons (Fsp3) is 0.263. The zero-order valence-electron chi connectivity index (χ0n) is 15.0. The zero-order chi connectivity index (χ0) is 18.5. The van der Waals surface area contributed by atoms with Crippen molar-refractivity contribution in [3.63, 3.8) is 0 Å². The van der Waals surface area contributed by atoms with E-state index in [1.165, 1.54) is 6.20 Å². The Kier molecular flexibility index (Phi) is 5.26. The Hall–Kier alpha value is -3.22. The van der Waals surface area contributed by atoms with Crippen molar-refractivity contribution in [1.82, 2.24) is 20.3 Å². The van der Waals surface area contributed by atoms with Crippen molar-refractivity contribution >= 4 is 23.0 Å². The van der Waals surface area contributed by atoms with Crippen LogP contribution in [0.15, 0.2) is 42.6 Å². The number of ether oxygens (including phenoxy) is 1. The number of anilines is 1. The maximum atomic E-state index is 11.6. The molecule has 0 saturated carbocycles. The first-order chi connectivity index (χ1) is 12.5. The number of benzene rings is 1. The van der Waals surface area contributed by atoms with Crippen LogP contribution >= 0.6 is 0 Å². The molecule has 26 heavy (non-hydrogen) atoms. The highest BCUT2D eigenvalue weighted by atomic mass is 16.5. The van der Waals surface area contributed by atoms with Gasteiger partial charge in [-0.25, -0.2) is 19.7 Å². The third kappa shape index (κ3) is 4.24. The number of hydrogen-bond acceptors (Lipinski definition) is 5. The molecular formula is C19H21N5O2. The molecule has 7 heteroatoms. The van der Waals surface area contributed by atoms with Crippen LogP contribution in [0.3, 0.4) is 0 Å². The summed E-state index contributed by atoms with van der Waals surface area (Å²) in [5.41, 5.74) is 2.86. The number of carbonyl (C=O) groups excluding carboxylic acids is 1. The Morgan fingerprint density at radius 3 is 2.58 bits per heavy atom. The number of urea groups is 1. The number of rotatable bonds is 5. The molecule has 0 spiro atoms. The van der Waals surface area contributed by atoms with Gasteiger partial charge in [0, 0.05) is 12.1 Å². The summed E-state index contributed by atoms with van der Waals surface area (Å²) in [6, 6.07) is 11.2. The van der Waals surface area contributed by atoms with Crippen molar-refractivity contribution in [3.05, 3.63) is 42.6 Å². The molecule has 2 aromatic heterocycles. The second kappa shape index (κ2) is 7.77. The van der Waals surface area contributed by atoms with E-state index in [0.29, 0.717) is 23.5 Å². The van der Waals surface area contributed by atoms with Gasteiger partial charge in [0.15, 0.2) is 11.5 Å². The Morgan fingerprint density at radius 1 is 1.12 bits per heavy atom. The van der Waals surface area contributed by atoms with Crippen molar-refractivity contribution < 1.29 is 9.53 Å². The van der Waals surface area contributed by atoms with Gasteiger partial charge in [0.2, 0.25) is 0 Å². The average molecular weight is 351 g/mol. The normalized spacial score (nSPS) is 10.8. The van der Waals surface area contributed by atoms with Gasteiger partial charge in [-0.15, -0.1) is 0 Å². The van der Waals surface area contributed by atoms with Gasteiger partial charge in [0.25, 0.3) is 0 Å². The summed E-state index contributed by atoms with van der Waals surface area (Å²) in [7, 11) is 0. The minimum absolute atomic E-state index is 0.130. The molecule has 3 aromatic rings. The lowest BCUT2D eigenvalue weighted by Crippen LogP contribution is -2.28. The zero-order valence-corrected chi connectivity index (χ0v) is 15.0. The quantitative estimate of drug-likeness (QED) is 0.733. The summed E-state index contributed by atoms with van der Waals surface area (Å²) in [6.07, 6.45) is 1.64. The predicted molar refractivity (Wildman–Crippen MR) is 101 cm³/mol. The van der Waals surface area contributed by atoms with Gasteiger partial charge in [0.1, 0.15) is 11.3 Å². The molecule has 0 saturated heterocycles. The smallest absolute Gasteiger partial charge is 0.320 e. The van der Waals surface area contributed by atoms with E-state index in [4.69, 9.17) is 4.74 Å². The van der Waals surface area contributed by atoms with Crippen LogP contribution in [0, 0.1) is 0 Å². The lowest BCUT2D eigenvalue weighted by Gasteiger charge is -2.10. The van der Waals surface area contributed by atoms with Crippen LogP contribution in [0.1, 0.15) is 20.8 Å². The molecule has 2 heterocycles. The minimum atomic E-state index is -0.321. The Labute approximate surface area is 151 Å². The highest BCUT2D eigenvalue weighted by molar-refractivity contribution is 5.89. The Balaban J connectivity index is 1.86. The molecule has 2 amide bonds. The van der Waals surface area contributed by atoms with Gasteiger partial charge >= 0.3 is 6.03 Å². The second-order valence-corrected chi connectivity index (χ2v) is 5.97. The Bertz CT molecular complexity index is 909. The monoisotopic (exact) mass is 351 g/mol. The third-order valence-electron chi connectivity index (χ3n) is 3.51. The molecular weight excluding hydrogens is 330 g/mol. The number of nitrogens with one attached hydrogen (secondary N) is 2. The van der Waals surface area contributed by atoms with Crippen LogP contribution in [0.2, 0.25) is 0 Å². The number of aromatic nitrogens is 3. The van der Waals surface area contributed by atoms with Crippen LogP contribution in [-0.4, -0.2) is 33.6 Å². The summed E-state index contributed by atoms with van der Waals surface area (Å²) in [5.74, 6) is 1.17. The van der Waals surface area contributed by atoms with E-state index in [2.05, 4.69) is 25.6 Å². The number of fused-ring (bicyclic) bond motifs is 1. The summed E-state index contributed by atoms with van der Waals surface area (Å²) >= 11 is 0. The van der Waals surface area contributed by atoms with Crippen molar-refractivity contribution in [1.29, 1.82) is 0 Å². The number of pyridine rings is 1.